The van der Waals surface area contributed by atoms with E-state index in [-0.39, 0.29) is 5.91 Å². The highest BCUT2D eigenvalue weighted by Crippen LogP contribution is 2.31. The number of benzene rings is 5. The van der Waals surface area contributed by atoms with Crippen molar-refractivity contribution in [2.45, 2.75) is 26.9 Å². The molecule has 1 aliphatic heterocycles. The Hall–Kier alpha value is -4.44. The van der Waals surface area contributed by atoms with E-state index in [0.29, 0.717) is 5.56 Å². The van der Waals surface area contributed by atoms with Crippen LogP contribution in [0.5, 0.6) is 0 Å². The lowest BCUT2D eigenvalue weighted by molar-refractivity contribution is 0.0955. The maximum atomic E-state index is 13.0. The van der Waals surface area contributed by atoms with E-state index in [1.807, 2.05) is 42.5 Å². The van der Waals surface area contributed by atoms with Crippen LogP contribution in [-0.4, -0.2) is 12.1 Å². The Bertz CT molecular complexity index is 1580. The molecule has 0 radical (unpaired) electrons. The van der Waals surface area contributed by atoms with Crippen LogP contribution in [-0.2, 0) is 13.1 Å². The molecule has 176 valence electrons. The van der Waals surface area contributed by atoms with Crippen LogP contribution in [0.3, 0.4) is 0 Å². The fraction of sp³-hybridized carbons (Fsp3) is 0.125. The van der Waals surface area contributed by atoms with E-state index in [1.165, 1.54) is 22.3 Å². The molecular weight excluding hydrogens is 442 g/mol. The minimum atomic E-state index is -0.221. The predicted molar refractivity (Wildman–Crippen MR) is 149 cm³/mol. The van der Waals surface area contributed by atoms with Gasteiger partial charge in [0.1, 0.15) is 0 Å². The third kappa shape index (κ3) is 4.01. The molecule has 4 nitrogen and oxygen atoms in total. The molecular formula is C32H27N3O. The van der Waals surface area contributed by atoms with E-state index in [9.17, 15) is 4.79 Å². The monoisotopic (exact) mass is 469 g/mol. The lowest BCUT2D eigenvalue weighted by Gasteiger charge is -2.18. The summed E-state index contributed by atoms with van der Waals surface area (Å²) in [5, 5.41) is 8.87. The molecule has 0 fully saturated rings. The molecule has 0 atom stereocenters. The molecule has 0 spiro atoms. The summed E-state index contributed by atoms with van der Waals surface area (Å²) in [7, 11) is 0. The van der Waals surface area contributed by atoms with Crippen molar-refractivity contribution in [1.82, 2.24) is 5.43 Å². The highest BCUT2D eigenvalue weighted by Gasteiger charge is 2.21. The molecule has 1 N–H and O–H groups in total. The van der Waals surface area contributed by atoms with Gasteiger partial charge < -0.3 is 4.90 Å². The van der Waals surface area contributed by atoms with Crippen LogP contribution >= 0.6 is 0 Å². The van der Waals surface area contributed by atoms with Gasteiger partial charge in [-0.1, -0.05) is 66.7 Å². The van der Waals surface area contributed by atoms with Gasteiger partial charge in [-0.15, -0.1) is 0 Å². The maximum absolute atomic E-state index is 13.0. The van der Waals surface area contributed by atoms with Gasteiger partial charge in [-0.25, -0.2) is 5.43 Å². The maximum Gasteiger partial charge on any atom is 0.271 e. The smallest absolute Gasteiger partial charge is 0.271 e. The first-order valence-corrected chi connectivity index (χ1v) is 12.2. The summed E-state index contributed by atoms with van der Waals surface area (Å²) in [4.78, 5) is 15.3. The summed E-state index contributed by atoms with van der Waals surface area (Å²) < 4.78 is 0. The van der Waals surface area contributed by atoms with Crippen molar-refractivity contribution < 1.29 is 4.79 Å². The molecule has 36 heavy (non-hydrogen) atoms. The van der Waals surface area contributed by atoms with Crippen molar-refractivity contribution in [3.63, 3.8) is 0 Å². The summed E-state index contributed by atoms with van der Waals surface area (Å²) in [6, 6.07) is 31.0. The van der Waals surface area contributed by atoms with Crippen LogP contribution in [0, 0.1) is 13.8 Å². The van der Waals surface area contributed by atoms with Crippen LogP contribution < -0.4 is 10.3 Å². The zero-order chi connectivity index (χ0) is 24.6. The van der Waals surface area contributed by atoms with E-state index < -0.39 is 0 Å². The van der Waals surface area contributed by atoms with Crippen molar-refractivity contribution in [2.75, 3.05) is 4.90 Å². The number of hydrazone groups is 1. The topological polar surface area (TPSA) is 44.7 Å². The number of amides is 1. The van der Waals surface area contributed by atoms with Crippen molar-refractivity contribution in [2.24, 2.45) is 5.10 Å². The molecule has 0 saturated carbocycles. The Morgan fingerprint density at radius 2 is 1.39 bits per heavy atom. The summed E-state index contributed by atoms with van der Waals surface area (Å²) in [6.45, 7) is 6.03. The Labute approximate surface area is 210 Å². The predicted octanol–water partition coefficient (Wildman–Crippen LogP) is 6.89. The van der Waals surface area contributed by atoms with E-state index in [1.54, 1.807) is 6.21 Å². The highest BCUT2D eigenvalue weighted by molar-refractivity contribution is 6.13. The number of hydrogen-bond donors (Lipinski definition) is 1. The van der Waals surface area contributed by atoms with Gasteiger partial charge in [-0.3, -0.25) is 4.79 Å². The van der Waals surface area contributed by atoms with Crippen LogP contribution in [0.2, 0.25) is 0 Å². The molecule has 1 heterocycles. The van der Waals surface area contributed by atoms with Crippen molar-refractivity contribution >= 4 is 39.4 Å². The number of rotatable bonds is 4. The van der Waals surface area contributed by atoms with Gasteiger partial charge in [-0.05, 0) is 81.9 Å². The second-order valence-electron chi connectivity index (χ2n) is 9.54. The molecule has 0 unspecified atom stereocenters. The van der Waals surface area contributed by atoms with Gasteiger partial charge in [0.2, 0.25) is 0 Å². The van der Waals surface area contributed by atoms with E-state index in [2.05, 4.69) is 77.8 Å². The summed E-state index contributed by atoms with van der Waals surface area (Å²) in [5.41, 5.74) is 10.7. The van der Waals surface area contributed by atoms with Crippen LogP contribution in [0.15, 0.2) is 96.1 Å². The lowest BCUT2D eigenvalue weighted by Crippen LogP contribution is -2.19. The largest absolute Gasteiger partial charge is 0.363 e. The molecule has 0 aliphatic carbocycles. The zero-order valence-electron chi connectivity index (χ0n) is 20.5. The molecule has 4 heteroatoms. The molecule has 0 bridgehead atoms. The van der Waals surface area contributed by atoms with Gasteiger partial charge in [0.25, 0.3) is 5.91 Å². The first-order chi connectivity index (χ1) is 17.6. The third-order valence-corrected chi connectivity index (χ3v) is 7.18. The summed E-state index contributed by atoms with van der Waals surface area (Å²) in [6.07, 6.45) is 1.76. The van der Waals surface area contributed by atoms with Crippen molar-refractivity contribution in [3.8, 4) is 0 Å². The van der Waals surface area contributed by atoms with Crippen LogP contribution in [0.25, 0.3) is 21.5 Å². The van der Waals surface area contributed by atoms with Crippen molar-refractivity contribution in [1.29, 1.82) is 0 Å². The molecule has 5 aromatic carbocycles. The number of carbonyl (C=O) groups excluding carboxylic acids is 1. The molecule has 0 saturated heterocycles. The zero-order valence-corrected chi connectivity index (χ0v) is 20.5. The second kappa shape index (κ2) is 8.97. The second-order valence-corrected chi connectivity index (χ2v) is 9.54. The van der Waals surface area contributed by atoms with Gasteiger partial charge in [0.15, 0.2) is 0 Å². The third-order valence-electron chi connectivity index (χ3n) is 7.18. The lowest BCUT2D eigenvalue weighted by atomic mass is 9.97. The Balaban J connectivity index is 1.23. The SMILES string of the molecule is Cc1cc2c(cc1C)CN(c1cccc(C(=O)N/N=C\c3c4ccccc4cc4ccccc34)c1)C2. The van der Waals surface area contributed by atoms with Gasteiger partial charge in [-0.2, -0.15) is 5.10 Å². The normalized spacial score (nSPS) is 13.0. The molecule has 0 aromatic heterocycles. The Morgan fingerprint density at radius 3 is 2.03 bits per heavy atom. The minimum Gasteiger partial charge on any atom is -0.363 e. The Kier molecular flexibility index (Phi) is 5.49. The number of hydrogen-bond acceptors (Lipinski definition) is 3. The molecule has 1 amide bonds. The number of nitrogens with zero attached hydrogens (tertiary/aromatic N) is 2. The molecule has 1 aliphatic rings. The van der Waals surface area contributed by atoms with Crippen LogP contribution in [0.4, 0.5) is 5.69 Å². The van der Waals surface area contributed by atoms with E-state index >= 15 is 0 Å². The fourth-order valence-corrected chi connectivity index (χ4v) is 5.13. The number of anilines is 1. The van der Waals surface area contributed by atoms with E-state index in [4.69, 9.17) is 0 Å². The number of fused-ring (bicyclic) bond motifs is 3. The number of carbonyl (C=O) groups is 1. The quantitative estimate of drug-likeness (QED) is 0.177. The molecule has 6 rings (SSSR count). The standard InChI is InChI=1S/C32H27N3O/c1-21-14-26-19-35(20-27(26)15-22(21)2)28-11-7-10-25(17-28)32(36)34-33-18-31-29-12-5-3-8-23(29)16-24-9-4-6-13-30(24)31/h3-18H,19-20H2,1-2H3,(H,34,36)/b33-18-. The Morgan fingerprint density at radius 1 is 0.778 bits per heavy atom. The van der Waals surface area contributed by atoms with Crippen LogP contribution in [0.1, 0.15) is 38.2 Å². The summed E-state index contributed by atoms with van der Waals surface area (Å²) >= 11 is 0. The first-order valence-electron chi connectivity index (χ1n) is 12.2. The summed E-state index contributed by atoms with van der Waals surface area (Å²) in [5.74, 6) is -0.221. The van der Waals surface area contributed by atoms with Gasteiger partial charge >= 0.3 is 0 Å². The average molecular weight is 470 g/mol. The van der Waals surface area contributed by atoms with Crippen molar-refractivity contribution in [3.05, 3.63) is 124 Å². The first kappa shape index (κ1) is 22.1. The van der Waals surface area contributed by atoms with Gasteiger partial charge in [0.05, 0.1) is 6.21 Å². The fourth-order valence-electron chi connectivity index (χ4n) is 5.13. The number of nitrogens with one attached hydrogen (secondary N) is 1. The van der Waals surface area contributed by atoms with Gasteiger partial charge in [0, 0.05) is 29.9 Å². The minimum absolute atomic E-state index is 0.221. The average Bonchev–Trinajstić information content (AvgIpc) is 3.31. The van der Waals surface area contributed by atoms with E-state index in [0.717, 1.165) is 45.9 Å². The number of aryl methyl sites for hydroxylation is 2. The molecule has 5 aromatic rings. The highest BCUT2D eigenvalue weighted by atomic mass is 16.2.